The van der Waals surface area contributed by atoms with Gasteiger partial charge in [-0.25, -0.2) is 0 Å². The van der Waals surface area contributed by atoms with Crippen LogP contribution in [0.2, 0.25) is 0 Å². The number of hydrogen-bond acceptors (Lipinski definition) is 2. The lowest BCUT2D eigenvalue weighted by molar-refractivity contribution is -0.124. The number of fused-ring (bicyclic) bond motifs is 3. The molecule has 2 heteroatoms. The number of rotatable bonds is 0. The van der Waals surface area contributed by atoms with Gasteiger partial charge in [0.2, 0.25) is 0 Å². The fourth-order valence-electron chi connectivity index (χ4n) is 3.23. The highest BCUT2D eigenvalue weighted by Crippen LogP contribution is 2.35. The van der Waals surface area contributed by atoms with Crippen molar-refractivity contribution in [3.63, 3.8) is 0 Å². The SMILES string of the molecule is O=C1CCN2C(CCC3C=CC=CC32)C1. The number of hydrogen-bond donors (Lipinski definition) is 0. The maximum atomic E-state index is 11.4. The number of carbonyl (C=O) groups is 1. The first-order chi connectivity index (χ1) is 7.34. The molecule has 1 aliphatic carbocycles. The summed E-state index contributed by atoms with van der Waals surface area (Å²) < 4.78 is 0. The van der Waals surface area contributed by atoms with Crippen molar-refractivity contribution in [1.82, 2.24) is 4.90 Å². The number of allylic oxidation sites excluding steroid dienone is 2. The topological polar surface area (TPSA) is 20.3 Å². The molecule has 3 rings (SSSR count). The average Bonchev–Trinajstić information content (AvgIpc) is 2.28. The maximum absolute atomic E-state index is 11.4. The summed E-state index contributed by atoms with van der Waals surface area (Å²) in [5.41, 5.74) is 0. The summed E-state index contributed by atoms with van der Waals surface area (Å²) in [5, 5.41) is 0. The zero-order valence-corrected chi connectivity index (χ0v) is 8.93. The Morgan fingerprint density at radius 3 is 3.00 bits per heavy atom. The number of carbonyl (C=O) groups excluding carboxylic acids is 1. The van der Waals surface area contributed by atoms with Crippen molar-refractivity contribution in [2.75, 3.05) is 6.54 Å². The summed E-state index contributed by atoms with van der Waals surface area (Å²) in [6.45, 7) is 0.975. The second kappa shape index (κ2) is 3.60. The first-order valence-corrected chi connectivity index (χ1v) is 5.97. The van der Waals surface area contributed by atoms with Gasteiger partial charge in [0.1, 0.15) is 5.78 Å². The molecule has 0 spiro atoms. The van der Waals surface area contributed by atoms with E-state index in [2.05, 4.69) is 29.2 Å². The van der Waals surface area contributed by atoms with E-state index in [9.17, 15) is 4.79 Å². The molecule has 0 aromatic heterocycles. The van der Waals surface area contributed by atoms with E-state index in [0.717, 1.165) is 19.4 Å². The summed E-state index contributed by atoms with van der Waals surface area (Å²) in [5.74, 6) is 1.16. The lowest BCUT2D eigenvalue weighted by Crippen LogP contribution is -2.53. The van der Waals surface area contributed by atoms with E-state index in [1.807, 2.05) is 0 Å². The molecule has 2 fully saturated rings. The zero-order chi connectivity index (χ0) is 10.3. The van der Waals surface area contributed by atoms with E-state index in [0.29, 0.717) is 23.8 Å². The molecule has 80 valence electrons. The maximum Gasteiger partial charge on any atom is 0.135 e. The van der Waals surface area contributed by atoms with Crippen molar-refractivity contribution in [2.24, 2.45) is 5.92 Å². The Kier molecular flexibility index (Phi) is 2.24. The van der Waals surface area contributed by atoms with Gasteiger partial charge in [-0.2, -0.15) is 0 Å². The minimum Gasteiger partial charge on any atom is -0.300 e. The van der Waals surface area contributed by atoms with Gasteiger partial charge in [-0.3, -0.25) is 9.69 Å². The molecule has 0 aromatic rings. The van der Waals surface area contributed by atoms with Crippen molar-refractivity contribution >= 4 is 5.78 Å². The van der Waals surface area contributed by atoms with Crippen LogP contribution in [-0.4, -0.2) is 29.3 Å². The molecule has 0 radical (unpaired) electrons. The van der Waals surface area contributed by atoms with Gasteiger partial charge < -0.3 is 0 Å². The Morgan fingerprint density at radius 2 is 2.07 bits per heavy atom. The fourth-order valence-corrected chi connectivity index (χ4v) is 3.23. The summed E-state index contributed by atoms with van der Waals surface area (Å²) in [7, 11) is 0. The molecule has 15 heavy (non-hydrogen) atoms. The van der Waals surface area contributed by atoms with Gasteiger partial charge in [0.15, 0.2) is 0 Å². The summed E-state index contributed by atoms with van der Waals surface area (Å²) in [6.07, 6.45) is 13.0. The lowest BCUT2D eigenvalue weighted by atomic mass is 9.80. The van der Waals surface area contributed by atoms with Crippen molar-refractivity contribution < 1.29 is 4.79 Å². The van der Waals surface area contributed by atoms with Gasteiger partial charge in [0.25, 0.3) is 0 Å². The second-order valence-corrected chi connectivity index (χ2v) is 4.89. The van der Waals surface area contributed by atoms with Gasteiger partial charge in [0, 0.05) is 31.5 Å². The molecule has 0 saturated carbocycles. The highest BCUT2D eigenvalue weighted by molar-refractivity contribution is 5.80. The normalized spacial score (nSPS) is 40.0. The molecule has 0 bridgehead atoms. The van der Waals surface area contributed by atoms with Crippen LogP contribution in [0.15, 0.2) is 24.3 Å². The van der Waals surface area contributed by atoms with Crippen molar-refractivity contribution in [3.05, 3.63) is 24.3 Å². The fraction of sp³-hybridized carbons (Fsp3) is 0.615. The molecule has 0 aromatic carbocycles. The highest BCUT2D eigenvalue weighted by Gasteiger charge is 2.38. The Hall–Kier alpha value is -0.890. The van der Waals surface area contributed by atoms with Gasteiger partial charge in [-0.15, -0.1) is 0 Å². The molecule has 2 heterocycles. The molecule has 0 N–H and O–H groups in total. The van der Waals surface area contributed by atoms with Crippen LogP contribution in [0.4, 0.5) is 0 Å². The molecule has 0 amide bonds. The molecule has 3 aliphatic rings. The van der Waals surface area contributed by atoms with E-state index >= 15 is 0 Å². The van der Waals surface area contributed by atoms with E-state index < -0.39 is 0 Å². The Balaban J connectivity index is 1.82. The molecule has 2 nitrogen and oxygen atoms in total. The van der Waals surface area contributed by atoms with E-state index in [1.54, 1.807) is 0 Å². The van der Waals surface area contributed by atoms with Crippen LogP contribution in [0.1, 0.15) is 25.7 Å². The summed E-state index contributed by atoms with van der Waals surface area (Å²) in [6, 6.07) is 1.10. The standard InChI is InChI=1S/C13H17NO/c15-12-7-8-14-11(9-12)6-5-10-3-1-2-4-13(10)14/h1-4,10-11,13H,5-9H2. The smallest absolute Gasteiger partial charge is 0.135 e. The molecule has 2 saturated heterocycles. The quantitative estimate of drug-likeness (QED) is 0.599. The van der Waals surface area contributed by atoms with Gasteiger partial charge in [0.05, 0.1) is 0 Å². The predicted molar refractivity (Wildman–Crippen MR) is 59.5 cm³/mol. The van der Waals surface area contributed by atoms with Gasteiger partial charge in [-0.05, 0) is 18.8 Å². The third-order valence-electron chi connectivity index (χ3n) is 4.01. The van der Waals surface area contributed by atoms with Crippen LogP contribution >= 0.6 is 0 Å². The van der Waals surface area contributed by atoms with Gasteiger partial charge in [-0.1, -0.05) is 24.3 Å². The molecular weight excluding hydrogens is 186 g/mol. The van der Waals surface area contributed by atoms with Crippen LogP contribution in [-0.2, 0) is 4.79 Å². The third kappa shape index (κ3) is 1.57. The average molecular weight is 203 g/mol. The lowest BCUT2D eigenvalue weighted by Gasteiger charge is -2.47. The highest BCUT2D eigenvalue weighted by atomic mass is 16.1. The largest absolute Gasteiger partial charge is 0.300 e. The Bertz CT molecular complexity index is 331. The van der Waals surface area contributed by atoms with E-state index in [-0.39, 0.29) is 0 Å². The Labute approximate surface area is 90.6 Å². The minimum atomic E-state index is 0.463. The molecule has 3 atom stereocenters. The molecular formula is C13H17NO. The third-order valence-corrected chi connectivity index (χ3v) is 4.01. The number of ketones is 1. The molecule has 2 aliphatic heterocycles. The van der Waals surface area contributed by atoms with Crippen LogP contribution in [0.3, 0.4) is 0 Å². The number of nitrogens with zero attached hydrogens (tertiary/aromatic N) is 1. The minimum absolute atomic E-state index is 0.463. The number of piperidine rings is 2. The van der Waals surface area contributed by atoms with Gasteiger partial charge >= 0.3 is 0 Å². The van der Waals surface area contributed by atoms with Crippen LogP contribution in [0, 0.1) is 5.92 Å². The zero-order valence-electron chi connectivity index (χ0n) is 8.93. The van der Waals surface area contributed by atoms with Crippen LogP contribution in [0.25, 0.3) is 0 Å². The van der Waals surface area contributed by atoms with Crippen molar-refractivity contribution in [1.29, 1.82) is 0 Å². The first-order valence-electron chi connectivity index (χ1n) is 5.97. The Morgan fingerprint density at radius 1 is 1.20 bits per heavy atom. The van der Waals surface area contributed by atoms with E-state index in [4.69, 9.17) is 0 Å². The van der Waals surface area contributed by atoms with E-state index in [1.165, 1.54) is 12.8 Å². The summed E-state index contributed by atoms with van der Waals surface area (Å²) in [4.78, 5) is 14.0. The summed E-state index contributed by atoms with van der Waals surface area (Å²) >= 11 is 0. The monoisotopic (exact) mass is 203 g/mol. The van der Waals surface area contributed by atoms with Crippen LogP contribution in [0.5, 0.6) is 0 Å². The first kappa shape index (κ1) is 9.34. The van der Waals surface area contributed by atoms with Crippen LogP contribution < -0.4 is 0 Å². The van der Waals surface area contributed by atoms with Crippen molar-refractivity contribution in [3.8, 4) is 0 Å². The number of Topliss-reactive ketones (excluding diaryl/α,β-unsaturated/α-hetero) is 1. The molecule has 3 unspecified atom stereocenters. The van der Waals surface area contributed by atoms with Crippen molar-refractivity contribution in [2.45, 2.75) is 37.8 Å². The predicted octanol–water partition coefficient (Wildman–Crippen LogP) is 1.92. The second-order valence-electron chi connectivity index (χ2n) is 4.89.